The minimum atomic E-state index is 0.394. The fourth-order valence-electron chi connectivity index (χ4n) is 2.94. The first-order valence-electron chi connectivity index (χ1n) is 7.88. The molecule has 4 rings (SSSR count). The van der Waals surface area contributed by atoms with Gasteiger partial charge in [-0.2, -0.15) is 5.10 Å². The number of hydrogen-bond acceptors (Lipinski definition) is 5. The average molecular weight is 309 g/mol. The monoisotopic (exact) mass is 309 g/mol. The second-order valence-corrected chi connectivity index (χ2v) is 5.86. The smallest absolute Gasteiger partial charge is 0.147 e. The van der Waals surface area contributed by atoms with E-state index in [0.29, 0.717) is 12.6 Å². The molecule has 0 unspecified atom stereocenters. The lowest BCUT2D eigenvalue weighted by Crippen LogP contribution is -2.37. The molecule has 0 fully saturated rings. The van der Waals surface area contributed by atoms with Crippen molar-refractivity contribution >= 4 is 0 Å². The molecule has 0 radical (unpaired) electrons. The Hall–Kier alpha value is -2.54. The van der Waals surface area contributed by atoms with Crippen LogP contribution in [-0.4, -0.2) is 35.8 Å². The third-order valence-electron chi connectivity index (χ3n) is 4.10. The van der Waals surface area contributed by atoms with Gasteiger partial charge < -0.3 is 5.32 Å². The van der Waals surface area contributed by atoms with E-state index >= 15 is 0 Å². The molecule has 0 amide bonds. The molecule has 1 aliphatic rings. The van der Waals surface area contributed by atoms with Gasteiger partial charge >= 0.3 is 0 Å². The summed E-state index contributed by atoms with van der Waals surface area (Å²) in [5.41, 5.74) is 1.96. The molecule has 118 valence electrons. The molecule has 0 saturated carbocycles. The van der Waals surface area contributed by atoms with E-state index in [9.17, 15) is 0 Å². The van der Waals surface area contributed by atoms with E-state index in [0.717, 1.165) is 42.4 Å². The van der Waals surface area contributed by atoms with Gasteiger partial charge in [0.15, 0.2) is 0 Å². The van der Waals surface area contributed by atoms with Crippen LogP contribution < -0.4 is 5.32 Å². The van der Waals surface area contributed by atoms with Crippen molar-refractivity contribution in [1.82, 2.24) is 35.1 Å². The molecule has 7 nitrogen and oxygen atoms in total. The van der Waals surface area contributed by atoms with Gasteiger partial charge in [0, 0.05) is 19.0 Å². The van der Waals surface area contributed by atoms with Crippen LogP contribution in [0.1, 0.15) is 23.8 Å². The average Bonchev–Trinajstić information content (AvgIpc) is 3.18. The fourth-order valence-corrected chi connectivity index (χ4v) is 2.94. The van der Waals surface area contributed by atoms with Crippen molar-refractivity contribution in [2.24, 2.45) is 0 Å². The Morgan fingerprint density at radius 3 is 3.00 bits per heavy atom. The number of benzene rings is 1. The van der Waals surface area contributed by atoms with Crippen LogP contribution in [0.4, 0.5) is 0 Å². The van der Waals surface area contributed by atoms with Crippen molar-refractivity contribution in [1.29, 1.82) is 0 Å². The minimum Gasteiger partial charge on any atom is -0.306 e. The zero-order valence-corrected chi connectivity index (χ0v) is 13.1. The molecule has 3 aromatic rings. The summed E-state index contributed by atoms with van der Waals surface area (Å²) in [7, 11) is 0. The number of aromatic nitrogens is 6. The van der Waals surface area contributed by atoms with E-state index in [1.165, 1.54) is 0 Å². The zero-order chi connectivity index (χ0) is 15.6. The summed E-state index contributed by atoms with van der Waals surface area (Å²) in [5, 5.41) is 16.4. The van der Waals surface area contributed by atoms with Gasteiger partial charge in [-0.15, -0.1) is 5.10 Å². The first kappa shape index (κ1) is 14.1. The Bertz CT molecular complexity index is 790. The number of para-hydroxylation sites is 1. The largest absolute Gasteiger partial charge is 0.306 e. The van der Waals surface area contributed by atoms with Gasteiger partial charge in [-0.05, 0) is 25.5 Å². The third-order valence-corrected chi connectivity index (χ3v) is 4.10. The van der Waals surface area contributed by atoms with Crippen LogP contribution in [0.15, 0.2) is 36.5 Å². The Morgan fingerprint density at radius 1 is 1.26 bits per heavy atom. The molecule has 1 N–H and O–H groups in total. The molecule has 1 aliphatic heterocycles. The molecule has 1 atom stereocenters. The van der Waals surface area contributed by atoms with Crippen LogP contribution in [0.2, 0.25) is 0 Å². The summed E-state index contributed by atoms with van der Waals surface area (Å²) in [5.74, 6) is 1.95. The second kappa shape index (κ2) is 5.92. The third kappa shape index (κ3) is 3.00. The van der Waals surface area contributed by atoms with Gasteiger partial charge in [0.1, 0.15) is 11.6 Å². The molecular formula is C16H19N7. The standard InChI is InChI=1S/C16H19N7/c1-12-18-16-8-7-13(10-23(16)20-12)17-9-14-11-22(21-19-14)15-5-3-2-4-6-15/h2-6,11,13,17H,7-10H2,1H3/t13-/m0/s1. The number of fused-ring (bicyclic) bond motifs is 1. The van der Waals surface area contributed by atoms with Crippen molar-refractivity contribution in [3.05, 3.63) is 53.9 Å². The van der Waals surface area contributed by atoms with E-state index in [4.69, 9.17) is 0 Å². The molecule has 0 aliphatic carbocycles. The van der Waals surface area contributed by atoms with Crippen LogP contribution in [0, 0.1) is 6.92 Å². The number of nitrogens with zero attached hydrogens (tertiary/aromatic N) is 6. The summed E-state index contributed by atoms with van der Waals surface area (Å²) in [6.07, 6.45) is 4.01. The minimum absolute atomic E-state index is 0.394. The molecule has 2 aromatic heterocycles. The molecule has 7 heteroatoms. The maximum Gasteiger partial charge on any atom is 0.147 e. The topological polar surface area (TPSA) is 73.5 Å². The lowest BCUT2D eigenvalue weighted by Gasteiger charge is -2.23. The Balaban J connectivity index is 1.38. The first-order valence-corrected chi connectivity index (χ1v) is 7.88. The molecule has 3 heterocycles. The van der Waals surface area contributed by atoms with Crippen LogP contribution in [0.25, 0.3) is 5.69 Å². The summed E-state index contributed by atoms with van der Waals surface area (Å²) in [4.78, 5) is 4.44. The van der Waals surface area contributed by atoms with Gasteiger partial charge in [0.2, 0.25) is 0 Å². The Labute approximate surface area is 134 Å². The van der Waals surface area contributed by atoms with E-state index in [2.05, 4.69) is 25.7 Å². The SMILES string of the molecule is Cc1nc2n(n1)C[C@@H](NCc1cn(-c3ccccc3)nn1)CC2. The number of rotatable bonds is 4. The van der Waals surface area contributed by atoms with Crippen LogP contribution in [0.5, 0.6) is 0 Å². The summed E-state index contributed by atoms with van der Waals surface area (Å²) in [6.45, 7) is 3.51. The van der Waals surface area contributed by atoms with E-state index in [1.54, 1.807) is 4.68 Å². The highest BCUT2D eigenvalue weighted by Crippen LogP contribution is 2.13. The molecule has 0 bridgehead atoms. The maximum absolute atomic E-state index is 4.44. The molecule has 0 spiro atoms. The Kier molecular flexibility index (Phi) is 3.63. The predicted molar refractivity (Wildman–Crippen MR) is 85.1 cm³/mol. The van der Waals surface area contributed by atoms with Crippen molar-refractivity contribution in [2.75, 3.05) is 0 Å². The highest BCUT2D eigenvalue weighted by molar-refractivity contribution is 5.29. The summed E-state index contributed by atoms with van der Waals surface area (Å²) < 4.78 is 3.81. The highest BCUT2D eigenvalue weighted by atomic mass is 15.4. The van der Waals surface area contributed by atoms with E-state index in [1.807, 2.05) is 48.1 Å². The second-order valence-electron chi connectivity index (χ2n) is 5.86. The fraction of sp³-hybridized carbons (Fsp3) is 0.375. The molecular weight excluding hydrogens is 290 g/mol. The number of nitrogens with one attached hydrogen (secondary N) is 1. The zero-order valence-electron chi connectivity index (χ0n) is 13.1. The van der Waals surface area contributed by atoms with Gasteiger partial charge in [0.05, 0.1) is 24.1 Å². The molecule has 23 heavy (non-hydrogen) atoms. The highest BCUT2D eigenvalue weighted by Gasteiger charge is 2.20. The van der Waals surface area contributed by atoms with Gasteiger partial charge in [-0.3, -0.25) is 0 Å². The van der Waals surface area contributed by atoms with Gasteiger partial charge in [0.25, 0.3) is 0 Å². The number of hydrogen-bond donors (Lipinski definition) is 1. The lowest BCUT2D eigenvalue weighted by molar-refractivity contribution is 0.356. The normalized spacial score (nSPS) is 17.2. The van der Waals surface area contributed by atoms with Crippen LogP contribution in [-0.2, 0) is 19.5 Å². The van der Waals surface area contributed by atoms with Crippen molar-refractivity contribution in [3.8, 4) is 5.69 Å². The summed E-state index contributed by atoms with van der Waals surface area (Å²) >= 11 is 0. The van der Waals surface area contributed by atoms with E-state index < -0.39 is 0 Å². The van der Waals surface area contributed by atoms with E-state index in [-0.39, 0.29) is 0 Å². The lowest BCUT2D eigenvalue weighted by atomic mass is 10.1. The molecule has 1 aromatic carbocycles. The predicted octanol–water partition coefficient (Wildman–Crippen LogP) is 1.27. The Morgan fingerprint density at radius 2 is 2.13 bits per heavy atom. The number of aryl methyl sites for hydroxylation is 2. The van der Waals surface area contributed by atoms with Crippen LogP contribution in [0.3, 0.4) is 0 Å². The van der Waals surface area contributed by atoms with Gasteiger partial charge in [-0.25, -0.2) is 14.3 Å². The van der Waals surface area contributed by atoms with Crippen molar-refractivity contribution < 1.29 is 0 Å². The maximum atomic E-state index is 4.44. The van der Waals surface area contributed by atoms with Crippen LogP contribution >= 0.6 is 0 Å². The van der Waals surface area contributed by atoms with Gasteiger partial charge in [-0.1, -0.05) is 23.4 Å². The van der Waals surface area contributed by atoms with Crippen molar-refractivity contribution in [2.45, 2.75) is 38.9 Å². The van der Waals surface area contributed by atoms with Crippen molar-refractivity contribution in [3.63, 3.8) is 0 Å². The first-order chi connectivity index (χ1) is 11.3. The quantitative estimate of drug-likeness (QED) is 0.786. The summed E-state index contributed by atoms with van der Waals surface area (Å²) in [6, 6.07) is 10.4. The molecule has 0 saturated heterocycles.